The number of nitrogens with zero attached hydrogens (tertiary/aromatic N) is 1. The van der Waals surface area contributed by atoms with Crippen molar-refractivity contribution < 1.29 is 0 Å². The van der Waals surface area contributed by atoms with Crippen LogP contribution in [0, 0.1) is 0 Å². The van der Waals surface area contributed by atoms with Gasteiger partial charge in [-0.15, -0.1) is 11.8 Å². The van der Waals surface area contributed by atoms with Gasteiger partial charge >= 0.3 is 0 Å². The van der Waals surface area contributed by atoms with E-state index in [1.165, 1.54) is 0 Å². The van der Waals surface area contributed by atoms with E-state index in [2.05, 4.69) is 17.6 Å². The average Bonchev–Trinajstić information content (AvgIpc) is 1.83. The van der Waals surface area contributed by atoms with Gasteiger partial charge in [0, 0.05) is 12.3 Å². The lowest BCUT2D eigenvalue weighted by atomic mass is 10.7. The van der Waals surface area contributed by atoms with Crippen LogP contribution in [-0.2, 0) is 0 Å². The molecule has 0 heterocycles. The maximum absolute atomic E-state index is 4.16. The summed E-state index contributed by atoms with van der Waals surface area (Å²) in [5, 5.41) is 1.14. The molecule has 0 saturated heterocycles. The molecule has 0 aromatic rings. The van der Waals surface area contributed by atoms with Crippen LogP contribution in [0.5, 0.6) is 0 Å². The van der Waals surface area contributed by atoms with Crippen LogP contribution in [0.4, 0.5) is 0 Å². The maximum Gasteiger partial charge on any atom is 0.0642 e. The summed E-state index contributed by atoms with van der Waals surface area (Å²) < 4.78 is 0. The number of hydrogen-bond donors (Lipinski definition) is 1. The van der Waals surface area contributed by atoms with Gasteiger partial charge in [-0.1, -0.05) is 0 Å². The molecule has 0 spiro atoms. The minimum absolute atomic E-state index is 0.843. The van der Waals surface area contributed by atoms with E-state index in [1.807, 2.05) is 13.2 Å². The van der Waals surface area contributed by atoms with Gasteiger partial charge < -0.3 is 0 Å². The van der Waals surface area contributed by atoms with E-state index in [4.69, 9.17) is 0 Å². The summed E-state index contributed by atoms with van der Waals surface area (Å²) in [6.45, 7) is 2.85. The predicted molar refractivity (Wildman–Crippen MR) is 45.3 cm³/mol. The van der Waals surface area contributed by atoms with Gasteiger partial charge in [0.1, 0.15) is 0 Å². The van der Waals surface area contributed by atoms with Crippen LogP contribution in [0.1, 0.15) is 6.92 Å². The smallest absolute Gasteiger partial charge is 0.0642 e. The lowest BCUT2D eigenvalue weighted by molar-refractivity contribution is 1.15. The highest BCUT2D eigenvalue weighted by Gasteiger charge is 1.81. The second-order valence-corrected chi connectivity index (χ2v) is 2.77. The normalized spacial score (nSPS) is 12.1. The van der Waals surface area contributed by atoms with E-state index < -0.39 is 0 Å². The molecule has 48 valence electrons. The highest BCUT2D eigenvalue weighted by molar-refractivity contribution is 8.13. The average molecular weight is 149 g/mol. The highest BCUT2D eigenvalue weighted by atomic mass is 32.2. The molecule has 0 aliphatic rings. The fourth-order valence-corrected chi connectivity index (χ4v) is 0.592. The quantitative estimate of drug-likeness (QED) is 0.358. The zero-order valence-corrected chi connectivity index (χ0v) is 6.93. The summed E-state index contributed by atoms with van der Waals surface area (Å²) in [5.74, 6) is 0.845. The molecule has 0 N–H and O–H groups in total. The number of thioether (sulfide) groups is 1. The lowest BCUT2D eigenvalue weighted by Crippen LogP contribution is -1.86. The molecule has 0 fully saturated rings. The molecular formula is C5H11NS2. The molecule has 3 heteroatoms. The predicted octanol–water partition coefficient (Wildman–Crippen LogP) is 1.70. The molecule has 0 aromatic carbocycles. The molecule has 0 atom stereocenters. The second kappa shape index (κ2) is 5.51. The number of rotatable bonds is 2. The zero-order chi connectivity index (χ0) is 6.41. The van der Waals surface area contributed by atoms with Crippen LogP contribution in [-0.4, -0.2) is 23.6 Å². The van der Waals surface area contributed by atoms with Crippen molar-refractivity contribution in [1.82, 2.24) is 0 Å². The Balaban J connectivity index is 3.26. The molecule has 0 rings (SSSR count). The third-order valence-corrected chi connectivity index (χ3v) is 1.65. The van der Waals surface area contributed by atoms with E-state index in [1.54, 1.807) is 11.8 Å². The molecule has 0 unspecified atom stereocenters. The highest BCUT2D eigenvalue weighted by Crippen LogP contribution is 1.95. The van der Waals surface area contributed by atoms with Gasteiger partial charge in [-0.2, -0.15) is 12.6 Å². The molecule has 0 saturated carbocycles. The minimum Gasteiger partial charge on any atom is -0.282 e. The van der Waals surface area contributed by atoms with Crippen LogP contribution in [0.25, 0.3) is 0 Å². The number of thiol groups is 1. The van der Waals surface area contributed by atoms with Gasteiger partial charge in [0.2, 0.25) is 0 Å². The third kappa shape index (κ3) is 4.53. The standard InChI is InChI=1S/C5H11NS2/c1-5(8-2)6-3-4-7/h7H,3-4H2,1-2H3/b6-5+. The Hall–Kier alpha value is 0.370. The Morgan fingerprint density at radius 2 is 2.38 bits per heavy atom. The van der Waals surface area contributed by atoms with Gasteiger partial charge in [-0.05, 0) is 13.2 Å². The van der Waals surface area contributed by atoms with Crippen molar-refractivity contribution >= 4 is 29.4 Å². The van der Waals surface area contributed by atoms with Crippen molar-refractivity contribution in [2.75, 3.05) is 18.6 Å². The van der Waals surface area contributed by atoms with Gasteiger partial charge in [0.15, 0.2) is 0 Å². The van der Waals surface area contributed by atoms with Crippen LogP contribution < -0.4 is 0 Å². The maximum atomic E-state index is 4.16. The lowest BCUT2D eigenvalue weighted by Gasteiger charge is -1.90. The largest absolute Gasteiger partial charge is 0.282 e. The molecule has 0 aliphatic carbocycles. The van der Waals surface area contributed by atoms with Crippen molar-refractivity contribution in [3.05, 3.63) is 0 Å². The molecule has 0 amide bonds. The fourth-order valence-electron chi connectivity index (χ4n) is 0.272. The molecule has 0 radical (unpaired) electrons. The summed E-state index contributed by atoms with van der Waals surface area (Å²) in [6, 6.07) is 0. The van der Waals surface area contributed by atoms with E-state index >= 15 is 0 Å². The van der Waals surface area contributed by atoms with Crippen molar-refractivity contribution in [1.29, 1.82) is 0 Å². The van der Waals surface area contributed by atoms with Gasteiger partial charge in [0.25, 0.3) is 0 Å². The SMILES string of the molecule is CS/C(C)=N/CCS. The number of hydrogen-bond acceptors (Lipinski definition) is 3. The van der Waals surface area contributed by atoms with Crippen LogP contribution in [0.15, 0.2) is 4.99 Å². The van der Waals surface area contributed by atoms with E-state index in [-0.39, 0.29) is 0 Å². The second-order valence-electron chi connectivity index (χ2n) is 1.33. The first-order chi connectivity index (χ1) is 3.81. The molecule has 8 heavy (non-hydrogen) atoms. The van der Waals surface area contributed by atoms with Gasteiger partial charge in [0.05, 0.1) is 5.04 Å². The first kappa shape index (κ1) is 8.37. The Labute approximate surface area is 60.4 Å². The molecule has 0 aliphatic heterocycles. The summed E-state index contributed by atoms with van der Waals surface area (Å²) in [6.07, 6.45) is 2.03. The summed E-state index contributed by atoms with van der Waals surface area (Å²) >= 11 is 5.70. The summed E-state index contributed by atoms with van der Waals surface area (Å²) in [4.78, 5) is 4.16. The van der Waals surface area contributed by atoms with Crippen molar-refractivity contribution in [3.63, 3.8) is 0 Å². The van der Waals surface area contributed by atoms with Gasteiger partial charge in [-0.25, -0.2) is 0 Å². The monoisotopic (exact) mass is 149 g/mol. The molecule has 0 bridgehead atoms. The summed E-state index contributed by atoms with van der Waals surface area (Å²) in [7, 11) is 0. The molecule has 0 aromatic heterocycles. The van der Waals surface area contributed by atoms with Crippen LogP contribution >= 0.6 is 24.4 Å². The first-order valence-electron chi connectivity index (χ1n) is 2.47. The van der Waals surface area contributed by atoms with Crippen LogP contribution in [0.3, 0.4) is 0 Å². The van der Waals surface area contributed by atoms with Crippen molar-refractivity contribution in [3.8, 4) is 0 Å². The van der Waals surface area contributed by atoms with Crippen molar-refractivity contribution in [2.45, 2.75) is 6.92 Å². The van der Waals surface area contributed by atoms with E-state index in [0.717, 1.165) is 17.3 Å². The van der Waals surface area contributed by atoms with Crippen LogP contribution in [0.2, 0.25) is 0 Å². The first-order valence-corrected chi connectivity index (χ1v) is 4.33. The molecular weight excluding hydrogens is 138 g/mol. The summed E-state index contributed by atoms with van der Waals surface area (Å²) in [5.41, 5.74) is 0. The van der Waals surface area contributed by atoms with Gasteiger partial charge in [-0.3, -0.25) is 4.99 Å². The third-order valence-electron chi connectivity index (χ3n) is 0.730. The van der Waals surface area contributed by atoms with E-state index in [9.17, 15) is 0 Å². The molecule has 1 nitrogen and oxygen atoms in total. The Bertz CT molecular complexity index is 80.5. The fraction of sp³-hybridized carbons (Fsp3) is 0.800. The Kier molecular flexibility index (Phi) is 5.76. The Morgan fingerprint density at radius 1 is 1.75 bits per heavy atom. The zero-order valence-electron chi connectivity index (χ0n) is 5.22. The van der Waals surface area contributed by atoms with Crippen molar-refractivity contribution in [2.24, 2.45) is 4.99 Å². The minimum atomic E-state index is 0.843. The Morgan fingerprint density at radius 3 is 2.75 bits per heavy atom. The van der Waals surface area contributed by atoms with E-state index in [0.29, 0.717) is 0 Å². The number of aliphatic imine (C=N–C) groups is 1. The topological polar surface area (TPSA) is 12.4 Å².